The normalized spacial score (nSPS) is 15.3. The maximum atomic E-state index is 13.3. The first kappa shape index (κ1) is 18.4. The lowest BCUT2D eigenvalue weighted by atomic mass is 10.1. The Morgan fingerprint density at radius 1 is 1.00 bits per heavy atom. The Hall–Kier alpha value is -1.98. The van der Waals surface area contributed by atoms with E-state index in [9.17, 15) is 4.39 Å². The van der Waals surface area contributed by atoms with Crippen molar-refractivity contribution in [3.05, 3.63) is 53.8 Å². The number of aromatic nitrogens is 2. The van der Waals surface area contributed by atoms with Gasteiger partial charge in [-0.15, -0.1) is 11.8 Å². The van der Waals surface area contributed by atoms with Gasteiger partial charge in [0.15, 0.2) is 5.82 Å². The number of para-hydroxylation sites is 1. The fourth-order valence-electron chi connectivity index (χ4n) is 3.56. The first-order valence-corrected chi connectivity index (χ1v) is 10.6. The summed E-state index contributed by atoms with van der Waals surface area (Å²) in [4.78, 5) is 12.2. The summed E-state index contributed by atoms with van der Waals surface area (Å²) in [6.07, 6.45) is 3.99. The van der Waals surface area contributed by atoms with E-state index in [-0.39, 0.29) is 5.82 Å². The molecule has 3 aromatic rings. The molecule has 0 amide bonds. The van der Waals surface area contributed by atoms with Crippen molar-refractivity contribution >= 4 is 22.7 Å². The molecule has 0 bridgehead atoms. The van der Waals surface area contributed by atoms with Gasteiger partial charge in [0.25, 0.3) is 0 Å². The smallest absolute Gasteiger partial charge is 0.161 e. The molecule has 0 atom stereocenters. The number of thioether (sulfide) groups is 1. The molecule has 1 aromatic heterocycles. The first-order valence-electron chi connectivity index (χ1n) is 9.59. The predicted octanol–water partition coefficient (Wildman–Crippen LogP) is 5.32. The van der Waals surface area contributed by atoms with Crippen LogP contribution in [0.2, 0.25) is 0 Å². The highest BCUT2D eigenvalue weighted by Crippen LogP contribution is 2.30. The monoisotopic (exact) mass is 381 g/mol. The fraction of sp³-hybridized carbons (Fsp3) is 0.364. The quantitative estimate of drug-likeness (QED) is 0.442. The molecule has 2 heterocycles. The van der Waals surface area contributed by atoms with Gasteiger partial charge in [-0.05, 0) is 62.7 Å². The summed E-state index contributed by atoms with van der Waals surface area (Å²) in [5.41, 5.74) is 2.96. The van der Waals surface area contributed by atoms with Crippen molar-refractivity contribution in [2.24, 2.45) is 0 Å². The number of benzene rings is 2. The highest BCUT2D eigenvalue weighted by Gasteiger charge is 2.13. The van der Waals surface area contributed by atoms with E-state index < -0.39 is 0 Å². The zero-order chi connectivity index (χ0) is 18.6. The minimum atomic E-state index is -0.244. The maximum absolute atomic E-state index is 13.3. The lowest BCUT2D eigenvalue weighted by Gasteiger charge is -2.26. The Labute approximate surface area is 164 Å². The molecule has 1 saturated heterocycles. The van der Waals surface area contributed by atoms with Gasteiger partial charge in [-0.2, -0.15) is 0 Å². The van der Waals surface area contributed by atoms with Crippen LogP contribution in [-0.4, -0.2) is 40.3 Å². The molecule has 1 fully saturated rings. The second-order valence-electron chi connectivity index (χ2n) is 7.08. The van der Waals surface area contributed by atoms with Crippen LogP contribution in [0, 0.1) is 12.7 Å². The van der Waals surface area contributed by atoms with E-state index >= 15 is 0 Å². The van der Waals surface area contributed by atoms with Gasteiger partial charge in [0.05, 0.1) is 5.52 Å². The topological polar surface area (TPSA) is 29.0 Å². The van der Waals surface area contributed by atoms with Crippen LogP contribution in [0.15, 0.2) is 47.5 Å². The minimum Gasteiger partial charge on any atom is -0.303 e. The van der Waals surface area contributed by atoms with Crippen LogP contribution in [0.1, 0.15) is 24.8 Å². The van der Waals surface area contributed by atoms with Crippen LogP contribution in [0.5, 0.6) is 0 Å². The van der Waals surface area contributed by atoms with Crippen LogP contribution >= 0.6 is 11.8 Å². The van der Waals surface area contributed by atoms with Gasteiger partial charge < -0.3 is 4.90 Å². The summed E-state index contributed by atoms with van der Waals surface area (Å²) in [7, 11) is 0. The molecule has 0 aliphatic carbocycles. The molecule has 0 saturated carbocycles. The van der Waals surface area contributed by atoms with Crippen molar-refractivity contribution in [3.8, 4) is 11.4 Å². The fourth-order valence-corrected chi connectivity index (χ4v) is 4.57. The number of rotatable bonds is 5. The zero-order valence-electron chi connectivity index (χ0n) is 15.6. The van der Waals surface area contributed by atoms with Crippen molar-refractivity contribution in [1.29, 1.82) is 0 Å². The molecule has 0 radical (unpaired) electrons. The van der Waals surface area contributed by atoms with Gasteiger partial charge in [0.2, 0.25) is 0 Å². The molecule has 1 aliphatic rings. The molecule has 140 valence electrons. The Morgan fingerprint density at radius 2 is 1.78 bits per heavy atom. The zero-order valence-corrected chi connectivity index (χ0v) is 16.4. The van der Waals surface area contributed by atoms with Crippen molar-refractivity contribution in [1.82, 2.24) is 14.9 Å². The van der Waals surface area contributed by atoms with E-state index in [2.05, 4.69) is 30.0 Å². The number of nitrogens with zero attached hydrogens (tertiary/aromatic N) is 3. The van der Waals surface area contributed by atoms with Gasteiger partial charge in [0, 0.05) is 23.2 Å². The van der Waals surface area contributed by atoms with E-state index in [0.29, 0.717) is 5.82 Å². The predicted molar refractivity (Wildman–Crippen MR) is 111 cm³/mol. The van der Waals surface area contributed by atoms with E-state index in [1.807, 2.05) is 0 Å². The number of likely N-dealkylation sites (tertiary alicyclic amines) is 1. The molecule has 2 aromatic carbocycles. The standard InChI is InChI=1S/C22H24FN3S/c1-16-6-5-7-19-20(16)24-21(17-8-10-18(23)11-9-17)25-22(19)27-15-14-26-12-3-2-4-13-26/h5-11H,2-4,12-15H2,1H3. The van der Waals surface area contributed by atoms with Crippen molar-refractivity contribution in [3.63, 3.8) is 0 Å². The summed E-state index contributed by atoms with van der Waals surface area (Å²) in [5, 5.41) is 2.12. The second-order valence-corrected chi connectivity index (χ2v) is 8.16. The van der Waals surface area contributed by atoms with Gasteiger partial charge in [-0.25, -0.2) is 14.4 Å². The number of aryl methyl sites for hydroxylation is 1. The third-order valence-corrected chi connectivity index (χ3v) is 6.06. The summed E-state index contributed by atoms with van der Waals surface area (Å²) in [6, 6.07) is 12.7. The molecule has 0 spiro atoms. The van der Waals surface area contributed by atoms with Gasteiger partial charge in [-0.3, -0.25) is 0 Å². The minimum absolute atomic E-state index is 0.244. The average molecular weight is 382 g/mol. The molecule has 5 heteroatoms. The van der Waals surface area contributed by atoms with Crippen molar-refractivity contribution in [2.75, 3.05) is 25.4 Å². The molecular weight excluding hydrogens is 357 g/mol. The van der Waals surface area contributed by atoms with Gasteiger partial charge >= 0.3 is 0 Å². The third-order valence-electron chi connectivity index (χ3n) is 5.09. The first-order chi connectivity index (χ1) is 13.2. The van der Waals surface area contributed by atoms with Crippen LogP contribution in [0.25, 0.3) is 22.3 Å². The molecule has 27 heavy (non-hydrogen) atoms. The third kappa shape index (κ3) is 4.30. The van der Waals surface area contributed by atoms with Crippen LogP contribution in [0.3, 0.4) is 0 Å². The Balaban J connectivity index is 1.63. The summed E-state index contributed by atoms with van der Waals surface area (Å²) in [6.45, 7) is 5.59. The molecule has 3 nitrogen and oxygen atoms in total. The number of halogens is 1. The molecule has 0 N–H and O–H groups in total. The average Bonchev–Trinajstić information content (AvgIpc) is 2.70. The van der Waals surface area contributed by atoms with Gasteiger partial charge in [-0.1, -0.05) is 24.6 Å². The molecule has 0 unspecified atom stereocenters. The van der Waals surface area contributed by atoms with E-state index in [0.717, 1.165) is 39.4 Å². The number of piperidine rings is 1. The molecule has 4 rings (SSSR count). The van der Waals surface area contributed by atoms with Crippen molar-refractivity contribution in [2.45, 2.75) is 31.2 Å². The lowest BCUT2D eigenvalue weighted by molar-refractivity contribution is 0.242. The maximum Gasteiger partial charge on any atom is 0.161 e. The number of hydrogen-bond donors (Lipinski definition) is 0. The Kier molecular flexibility index (Phi) is 5.69. The highest BCUT2D eigenvalue weighted by molar-refractivity contribution is 7.99. The highest BCUT2D eigenvalue weighted by atomic mass is 32.2. The number of hydrogen-bond acceptors (Lipinski definition) is 4. The second kappa shape index (κ2) is 8.36. The summed E-state index contributed by atoms with van der Waals surface area (Å²) >= 11 is 1.80. The summed E-state index contributed by atoms with van der Waals surface area (Å²) in [5.74, 6) is 1.44. The van der Waals surface area contributed by atoms with Crippen molar-refractivity contribution < 1.29 is 4.39 Å². The van der Waals surface area contributed by atoms with E-state index in [1.165, 1.54) is 44.5 Å². The van der Waals surface area contributed by atoms with Gasteiger partial charge in [0.1, 0.15) is 10.8 Å². The molecule has 1 aliphatic heterocycles. The molecular formula is C22H24FN3S. The number of fused-ring (bicyclic) bond motifs is 1. The van der Waals surface area contributed by atoms with E-state index in [1.54, 1.807) is 23.9 Å². The van der Waals surface area contributed by atoms with Crippen LogP contribution < -0.4 is 0 Å². The largest absolute Gasteiger partial charge is 0.303 e. The SMILES string of the molecule is Cc1cccc2c(SCCN3CCCCC3)nc(-c3ccc(F)cc3)nc12. The Morgan fingerprint density at radius 3 is 2.56 bits per heavy atom. The van der Waals surface area contributed by atoms with E-state index in [4.69, 9.17) is 9.97 Å². The van der Waals surface area contributed by atoms with Crippen LogP contribution in [-0.2, 0) is 0 Å². The van der Waals surface area contributed by atoms with Crippen LogP contribution in [0.4, 0.5) is 4.39 Å². The lowest BCUT2D eigenvalue weighted by Crippen LogP contribution is -2.31. The Bertz CT molecular complexity index is 921. The summed E-state index contributed by atoms with van der Waals surface area (Å²) < 4.78 is 13.3.